The smallest absolute Gasteiger partial charge is 0.239 e. The average Bonchev–Trinajstić information content (AvgIpc) is 2.84. The number of amides is 1. The first kappa shape index (κ1) is 13.9. The minimum absolute atomic E-state index is 0.0580. The van der Waals surface area contributed by atoms with Crippen LogP contribution in [0.4, 0.5) is 0 Å². The topological polar surface area (TPSA) is 32.3 Å². The van der Waals surface area contributed by atoms with Crippen molar-refractivity contribution in [1.29, 1.82) is 0 Å². The molecular formula is C15H28N2O. The van der Waals surface area contributed by atoms with Crippen LogP contribution in [0.15, 0.2) is 0 Å². The molecule has 0 bridgehead atoms. The summed E-state index contributed by atoms with van der Waals surface area (Å²) in [4.78, 5) is 14.7. The predicted octanol–water partition coefficient (Wildman–Crippen LogP) is 2.55. The van der Waals surface area contributed by atoms with Gasteiger partial charge in [-0.05, 0) is 38.5 Å². The van der Waals surface area contributed by atoms with E-state index < -0.39 is 0 Å². The monoisotopic (exact) mass is 252 g/mol. The lowest BCUT2D eigenvalue weighted by molar-refractivity contribution is -0.139. The molecule has 1 amide bonds. The molecule has 2 unspecified atom stereocenters. The third kappa shape index (κ3) is 3.05. The van der Waals surface area contributed by atoms with Gasteiger partial charge in [0.15, 0.2) is 0 Å². The first-order valence-corrected chi connectivity index (χ1v) is 7.66. The summed E-state index contributed by atoms with van der Waals surface area (Å²) in [6, 6.07) is 0.889. The van der Waals surface area contributed by atoms with Crippen molar-refractivity contribution in [3.05, 3.63) is 0 Å². The molecule has 1 aliphatic carbocycles. The fourth-order valence-corrected chi connectivity index (χ4v) is 3.56. The lowest BCUT2D eigenvalue weighted by Crippen LogP contribution is -2.56. The molecule has 2 aliphatic rings. The van der Waals surface area contributed by atoms with E-state index in [1.54, 1.807) is 0 Å². The molecule has 104 valence electrons. The van der Waals surface area contributed by atoms with Crippen LogP contribution in [-0.4, -0.2) is 35.5 Å². The van der Waals surface area contributed by atoms with E-state index in [0.29, 0.717) is 18.0 Å². The number of hydrogen-bond donors (Lipinski definition) is 1. The first-order valence-electron chi connectivity index (χ1n) is 7.66. The molecule has 2 rings (SSSR count). The lowest BCUT2D eigenvalue weighted by atomic mass is 9.94. The second kappa shape index (κ2) is 6.05. The van der Waals surface area contributed by atoms with Crippen LogP contribution in [0.25, 0.3) is 0 Å². The third-order valence-corrected chi connectivity index (χ3v) is 4.58. The van der Waals surface area contributed by atoms with E-state index in [4.69, 9.17) is 0 Å². The molecule has 1 N–H and O–H groups in total. The van der Waals surface area contributed by atoms with E-state index >= 15 is 0 Å². The van der Waals surface area contributed by atoms with Crippen molar-refractivity contribution in [2.45, 2.75) is 77.4 Å². The molecule has 0 aromatic carbocycles. The van der Waals surface area contributed by atoms with Crippen LogP contribution in [0.2, 0.25) is 0 Å². The van der Waals surface area contributed by atoms with E-state index in [1.807, 2.05) is 0 Å². The minimum Gasteiger partial charge on any atom is -0.338 e. The molecule has 2 fully saturated rings. The number of piperidine rings is 1. The molecule has 1 aliphatic heterocycles. The van der Waals surface area contributed by atoms with Crippen LogP contribution in [0, 0.1) is 5.92 Å². The van der Waals surface area contributed by atoms with E-state index in [-0.39, 0.29) is 6.04 Å². The summed E-state index contributed by atoms with van der Waals surface area (Å²) in [6.45, 7) is 7.46. The molecule has 0 aromatic rings. The van der Waals surface area contributed by atoms with Crippen molar-refractivity contribution >= 4 is 5.91 Å². The van der Waals surface area contributed by atoms with Gasteiger partial charge in [0.2, 0.25) is 5.91 Å². The number of nitrogens with one attached hydrogen (secondary N) is 1. The van der Waals surface area contributed by atoms with Crippen molar-refractivity contribution in [3.63, 3.8) is 0 Å². The van der Waals surface area contributed by atoms with Gasteiger partial charge in [-0.15, -0.1) is 0 Å². The fourth-order valence-electron chi connectivity index (χ4n) is 3.56. The van der Waals surface area contributed by atoms with Gasteiger partial charge in [0.1, 0.15) is 0 Å². The Morgan fingerprint density at radius 3 is 2.39 bits per heavy atom. The van der Waals surface area contributed by atoms with Crippen molar-refractivity contribution in [3.8, 4) is 0 Å². The highest BCUT2D eigenvalue weighted by atomic mass is 16.2. The Kier molecular flexibility index (Phi) is 4.66. The molecular weight excluding hydrogens is 224 g/mol. The summed E-state index contributed by atoms with van der Waals surface area (Å²) in [5.74, 6) is 1.08. The van der Waals surface area contributed by atoms with Gasteiger partial charge < -0.3 is 10.2 Å². The highest BCUT2D eigenvalue weighted by Gasteiger charge is 2.35. The van der Waals surface area contributed by atoms with Gasteiger partial charge in [0, 0.05) is 18.6 Å². The third-order valence-electron chi connectivity index (χ3n) is 4.58. The number of likely N-dealkylation sites (tertiary alicyclic amines) is 1. The van der Waals surface area contributed by atoms with Crippen molar-refractivity contribution in [1.82, 2.24) is 10.2 Å². The summed E-state index contributed by atoms with van der Waals surface area (Å²) < 4.78 is 0. The van der Waals surface area contributed by atoms with E-state index in [2.05, 4.69) is 31.0 Å². The van der Waals surface area contributed by atoms with Crippen LogP contribution in [0.1, 0.15) is 59.3 Å². The van der Waals surface area contributed by atoms with Crippen LogP contribution < -0.4 is 5.32 Å². The summed E-state index contributed by atoms with van der Waals surface area (Å²) in [5, 5.41) is 3.42. The van der Waals surface area contributed by atoms with Crippen molar-refractivity contribution in [2.75, 3.05) is 6.54 Å². The largest absolute Gasteiger partial charge is 0.338 e. The van der Waals surface area contributed by atoms with Gasteiger partial charge in [0.05, 0.1) is 6.04 Å². The summed E-state index contributed by atoms with van der Waals surface area (Å²) in [5.41, 5.74) is 0. The van der Waals surface area contributed by atoms with Crippen LogP contribution in [0.5, 0.6) is 0 Å². The highest BCUT2D eigenvalue weighted by molar-refractivity contribution is 5.83. The molecule has 1 saturated carbocycles. The van der Waals surface area contributed by atoms with Crippen molar-refractivity contribution in [2.24, 2.45) is 5.92 Å². The first-order chi connectivity index (χ1) is 8.59. The maximum absolute atomic E-state index is 12.5. The second-order valence-corrected chi connectivity index (χ2v) is 6.33. The molecule has 18 heavy (non-hydrogen) atoms. The maximum Gasteiger partial charge on any atom is 0.239 e. The number of rotatable bonds is 4. The molecule has 0 radical (unpaired) electrons. The number of hydrogen-bond acceptors (Lipinski definition) is 2. The lowest BCUT2D eigenvalue weighted by Gasteiger charge is -2.39. The molecule has 2 atom stereocenters. The zero-order chi connectivity index (χ0) is 13.1. The quantitative estimate of drug-likeness (QED) is 0.834. The maximum atomic E-state index is 12.5. The Balaban J connectivity index is 1.96. The molecule has 1 heterocycles. The van der Waals surface area contributed by atoms with Crippen LogP contribution >= 0.6 is 0 Å². The highest BCUT2D eigenvalue weighted by Crippen LogP contribution is 2.31. The van der Waals surface area contributed by atoms with Gasteiger partial charge in [-0.2, -0.15) is 0 Å². The number of carbonyl (C=O) groups is 1. The SMILES string of the molecule is CC(C)NC1CCCN(C(C)C2CCCC2)C1=O. The summed E-state index contributed by atoms with van der Waals surface area (Å²) >= 11 is 0. The fraction of sp³-hybridized carbons (Fsp3) is 0.933. The predicted molar refractivity (Wildman–Crippen MR) is 74.4 cm³/mol. The van der Waals surface area contributed by atoms with Gasteiger partial charge in [-0.25, -0.2) is 0 Å². The van der Waals surface area contributed by atoms with Crippen molar-refractivity contribution < 1.29 is 4.79 Å². The van der Waals surface area contributed by atoms with Gasteiger partial charge >= 0.3 is 0 Å². The normalized spacial score (nSPS) is 28.1. The Labute approximate surface area is 111 Å². The summed E-state index contributed by atoms with van der Waals surface area (Å²) in [6.07, 6.45) is 7.48. The van der Waals surface area contributed by atoms with E-state index in [1.165, 1.54) is 25.7 Å². The van der Waals surface area contributed by atoms with Crippen LogP contribution in [0.3, 0.4) is 0 Å². The standard InChI is InChI=1S/C15H28N2O/c1-11(2)16-14-9-6-10-17(15(14)18)12(3)13-7-4-5-8-13/h11-14,16H,4-10H2,1-3H3. The Morgan fingerprint density at radius 2 is 1.78 bits per heavy atom. The zero-order valence-electron chi connectivity index (χ0n) is 12.1. The van der Waals surface area contributed by atoms with E-state index in [9.17, 15) is 4.79 Å². The number of carbonyl (C=O) groups excluding carboxylic acids is 1. The average molecular weight is 252 g/mol. The Bertz CT molecular complexity index is 284. The van der Waals surface area contributed by atoms with Crippen LogP contribution in [-0.2, 0) is 4.79 Å². The van der Waals surface area contributed by atoms with E-state index in [0.717, 1.165) is 25.3 Å². The molecule has 3 nitrogen and oxygen atoms in total. The molecule has 0 aromatic heterocycles. The Hall–Kier alpha value is -0.570. The minimum atomic E-state index is 0.0580. The molecule has 0 spiro atoms. The van der Waals surface area contributed by atoms with Gasteiger partial charge in [0.25, 0.3) is 0 Å². The number of nitrogens with zero attached hydrogens (tertiary/aromatic N) is 1. The van der Waals surface area contributed by atoms with Gasteiger partial charge in [-0.3, -0.25) is 4.79 Å². The zero-order valence-corrected chi connectivity index (χ0v) is 12.1. The Morgan fingerprint density at radius 1 is 1.11 bits per heavy atom. The second-order valence-electron chi connectivity index (χ2n) is 6.33. The molecule has 3 heteroatoms. The molecule has 1 saturated heterocycles. The van der Waals surface area contributed by atoms with Gasteiger partial charge in [-0.1, -0.05) is 26.7 Å². The summed E-state index contributed by atoms with van der Waals surface area (Å²) in [7, 11) is 0.